The number of rotatable bonds is 8. The molecule has 0 saturated carbocycles. The summed E-state index contributed by atoms with van der Waals surface area (Å²) in [4.78, 5) is 24.1. The molecule has 0 heterocycles. The average Bonchev–Trinajstić information content (AvgIpc) is 2.49. The van der Waals surface area contributed by atoms with Crippen LogP contribution in [0.25, 0.3) is 0 Å². The lowest BCUT2D eigenvalue weighted by molar-refractivity contribution is -0.142. The van der Waals surface area contributed by atoms with E-state index in [1.165, 1.54) is 6.92 Å². The van der Waals surface area contributed by atoms with Crippen LogP contribution in [0.4, 0.5) is 4.79 Å². The van der Waals surface area contributed by atoms with Crippen molar-refractivity contribution in [3.63, 3.8) is 0 Å². The van der Waals surface area contributed by atoms with Crippen LogP contribution in [-0.2, 0) is 26.8 Å². The predicted octanol–water partition coefficient (Wildman–Crippen LogP) is 1.10. The second-order valence-corrected chi connectivity index (χ2v) is 5.77. The summed E-state index contributed by atoms with van der Waals surface area (Å²) in [6.07, 6.45) is -0.614. The van der Waals surface area contributed by atoms with Crippen LogP contribution >= 0.6 is 0 Å². The summed E-state index contributed by atoms with van der Waals surface area (Å²) >= 11 is 0. The zero-order valence-electron chi connectivity index (χ0n) is 12.2. The van der Waals surface area contributed by atoms with Crippen LogP contribution in [0.3, 0.4) is 0 Å². The van der Waals surface area contributed by atoms with E-state index in [4.69, 9.17) is 9.84 Å². The Morgan fingerprint density at radius 2 is 1.91 bits per heavy atom. The first-order chi connectivity index (χ1) is 10.4. The molecule has 0 saturated heterocycles. The van der Waals surface area contributed by atoms with Gasteiger partial charge in [0.15, 0.2) is 0 Å². The topological polar surface area (TPSA) is 101 Å². The van der Waals surface area contributed by atoms with Gasteiger partial charge in [0, 0.05) is 12.3 Å². The van der Waals surface area contributed by atoms with E-state index in [1.807, 2.05) is 6.07 Å². The van der Waals surface area contributed by atoms with Crippen molar-refractivity contribution in [3.05, 3.63) is 35.9 Å². The van der Waals surface area contributed by atoms with E-state index in [-0.39, 0.29) is 25.3 Å². The van der Waals surface area contributed by atoms with Crippen molar-refractivity contribution < 1.29 is 27.9 Å². The molecular formula is C14H19NO6S. The highest BCUT2D eigenvalue weighted by molar-refractivity contribution is 7.72. The third-order valence-corrected chi connectivity index (χ3v) is 3.69. The first kappa shape index (κ1) is 18.0. The van der Waals surface area contributed by atoms with Crippen LogP contribution < -0.4 is 0 Å². The Morgan fingerprint density at radius 1 is 1.27 bits per heavy atom. The van der Waals surface area contributed by atoms with Crippen molar-refractivity contribution in [1.82, 2.24) is 4.90 Å². The maximum absolute atomic E-state index is 12.0. The lowest BCUT2D eigenvalue weighted by Gasteiger charge is -2.25. The summed E-state index contributed by atoms with van der Waals surface area (Å²) in [6.45, 7) is 1.38. The summed E-state index contributed by atoms with van der Waals surface area (Å²) in [5.41, 5.74) is 0.779. The molecule has 0 fully saturated rings. The maximum atomic E-state index is 12.0. The third kappa shape index (κ3) is 6.13. The third-order valence-electron chi connectivity index (χ3n) is 3.00. The van der Waals surface area contributed by atoms with Crippen LogP contribution in [0, 0.1) is 0 Å². The lowest BCUT2D eigenvalue weighted by Crippen LogP contribution is -2.44. The first-order valence-electron chi connectivity index (χ1n) is 6.73. The van der Waals surface area contributed by atoms with E-state index < -0.39 is 28.8 Å². The molecule has 1 amide bonds. The number of carbonyl (C=O) groups excluding carboxylic acids is 1. The Kier molecular flexibility index (Phi) is 7.38. The molecule has 0 aromatic heterocycles. The van der Waals surface area contributed by atoms with E-state index in [2.05, 4.69) is 0 Å². The van der Waals surface area contributed by atoms with Crippen molar-refractivity contribution in [2.75, 3.05) is 12.3 Å². The van der Waals surface area contributed by atoms with E-state index in [1.54, 1.807) is 24.3 Å². The van der Waals surface area contributed by atoms with Crippen LogP contribution in [0.1, 0.15) is 18.9 Å². The molecule has 0 spiro atoms. The highest BCUT2D eigenvalue weighted by atomic mass is 32.2. The molecule has 0 aliphatic rings. The lowest BCUT2D eigenvalue weighted by atomic mass is 10.2. The molecular weight excluding hydrogens is 310 g/mol. The largest absolute Gasteiger partial charge is 0.480 e. The summed E-state index contributed by atoms with van der Waals surface area (Å²) in [5.74, 6) is -1.28. The Hall–Kier alpha value is -2.09. The quantitative estimate of drug-likeness (QED) is 0.693. The van der Waals surface area contributed by atoms with Crippen LogP contribution in [0.5, 0.6) is 0 Å². The zero-order valence-corrected chi connectivity index (χ0v) is 13.1. The van der Waals surface area contributed by atoms with Crippen LogP contribution in [0.15, 0.2) is 30.3 Å². The van der Waals surface area contributed by atoms with Gasteiger partial charge in [-0.25, -0.2) is 18.0 Å². The number of benzene rings is 1. The van der Waals surface area contributed by atoms with Gasteiger partial charge in [0.1, 0.15) is 23.4 Å². The molecule has 0 aliphatic carbocycles. The molecule has 122 valence electrons. The second kappa shape index (κ2) is 9.04. The van der Waals surface area contributed by atoms with Crippen LogP contribution in [-0.4, -0.2) is 48.8 Å². The monoisotopic (exact) mass is 329 g/mol. The van der Waals surface area contributed by atoms with Gasteiger partial charge in [-0.15, -0.1) is 0 Å². The first-order valence-corrected chi connectivity index (χ1v) is 8.10. The Balaban J connectivity index is 2.63. The Bertz CT molecular complexity index is 564. The van der Waals surface area contributed by atoms with Gasteiger partial charge < -0.3 is 9.84 Å². The Labute approximate surface area is 130 Å². The van der Waals surface area contributed by atoms with Gasteiger partial charge in [-0.2, -0.15) is 0 Å². The molecule has 1 aromatic carbocycles. The maximum Gasteiger partial charge on any atom is 0.410 e. The average molecular weight is 329 g/mol. The van der Waals surface area contributed by atoms with Gasteiger partial charge in [-0.3, -0.25) is 4.90 Å². The van der Waals surface area contributed by atoms with Gasteiger partial charge >= 0.3 is 12.1 Å². The molecule has 1 aromatic rings. The SMILES string of the molecule is C[C@@H](C(=O)O)N(CCC[SH](=O)=O)C(=O)OCc1ccccc1. The molecule has 7 nitrogen and oxygen atoms in total. The second-order valence-electron chi connectivity index (χ2n) is 4.66. The molecule has 22 heavy (non-hydrogen) atoms. The predicted molar refractivity (Wildman–Crippen MR) is 80.2 cm³/mol. The number of carboxylic acid groups (broad SMARTS) is 1. The van der Waals surface area contributed by atoms with Gasteiger partial charge in [-0.1, -0.05) is 30.3 Å². The standard InChI is InChI=1S/C14H19NO6S/c1-11(13(16)17)15(8-5-9-22(19)20)14(18)21-10-12-6-3-2-4-7-12/h2-4,6-7,11,22H,5,8-10H2,1H3,(H,16,17)/t11-/m0/s1. The van der Waals surface area contributed by atoms with Gasteiger partial charge in [0.2, 0.25) is 0 Å². The summed E-state index contributed by atoms with van der Waals surface area (Å²) in [7, 11) is -2.56. The number of aliphatic carboxylic acids is 1. The number of thiol groups is 1. The number of carbonyl (C=O) groups is 2. The minimum atomic E-state index is -2.56. The van der Waals surface area contributed by atoms with Crippen molar-refractivity contribution in [1.29, 1.82) is 0 Å². The molecule has 0 radical (unpaired) electrons. The fourth-order valence-corrected chi connectivity index (χ4v) is 2.15. The fraction of sp³-hybridized carbons (Fsp3) is 0.429. The van der Waals surface area contributed by atoms with E-state index in [0.29, 0.717) is 0 Å². The Morgan fingerprint density at radius 3 is 2.45 bits per heavy atom. The number of ether oxygens (including phenoxy) is 1. The van der Waals surface area contributed by atoms with Crippen molar-refractivity contribution in [2.45, 2.75) is 26.0 Å². The summed E-state index contributed by atoms with van der Waals surface area (Å²) in [5, 5.41) is 9.03. The molecule has 1 N–H and O–H groups in total. The minimum Gasteiger partial charge on any atom is -0.480 e. The van der Waals surface area contributed by atoms with Crippen molar-refractivity contribution in [2.24, 2.45) is 0 Å². The van der Waals surface area contributed by atoms with Gasteiger partial charge in [0.25, 0.3) is 0 Å². The van der Waals surface area contributed by atoms with E-state index in [9.17, 15) is 18.0 Å². The molecule has 1 rings (SSSR count). The smallest absolute Gasteiger partial charge is 0.410 e. The molecule has 0 bridgehead atoms. The number of carboxylic acids is 1. The number of amides is 1. The highest BCUT2D eigenvalue weighted by Crippen LogP contribution is 2.08. The zero-order chi connectivity index (χ0) is 16.5. The molecule has 1 atom stereocenters. The summed E-state index contributed by atoms with van der Waals surface area (Å²) in [6, 6.07) is 7.89. The normalized spacial score (nSPS) is 11.9. The molecule has 0 aliphatic heterocycles. The minimum absolute atomic E-state index is 0.00437. The number of nitrogens with zero attached hydrogens (tertiary/aromatic N) is 1. The van der Waals surface area contributed by atoms with Crippen molar-refractivity contribution in [3.8, 4) is 0 Å². The van der Waals surface area contributed by atoms with Gasteiger partial charge in [0.05, 0.1) is 0 Å². The van der Waals surface area contributed by atoms with Crippen molar-refractivity contribution >= 4 is 22.8 Å². The molecule has 8 heteroatoms. The van der Waals surface area contributed by atoms with Gasteiger partial charge in [-0.05, 0) is 18.9 Å². The van der Waals surface area contributed by atoms with Crippen LogP contribution in [0.2, 0.25) is 0 Å². The highest BCUT2D eigenvalue weighted by Gasteiger charge is 2.26. The number of hydrogen-bond donors (Lipinski definition) is 2. The fourth-order valence-electron chi connectivity index (χ4n) is 1.75. The summed E-state index contributed by atoms with van der Waals surface area (Å²) < 4.78 is 26.2. The van der Waals surface area contributed by atoms with E-state index >= 15 is 0 Å². The molecule has 0 unspecified atom stereocenters. The van der Waals surface area contributed by atoms with E-state index in [0.717, 1.165) is 10.5 Å². The number of hydrogen-bond acceptors (Lipinski definition) is 5.